The van der Waals surface area contributed by atoms with E-state index in [2.05, 4.69) is 29.8 Å². The van der Waals surface area contributed by atoms with E-state index >= 15 is 0 Å². The highest BCUT2D eigenvalue weighted by Gasteiger charge is 2.21. The number of rotatable bonds is 14. The summed E-state index contributed by atoms with van der Waals surface area (Å²) in [5.74, 6) is 4.30. The monoisotopic (exact) mass is 672 g/mol. The number of ether oxygens (including phenoxy) is 4. The lowest BCUT2D eigenvalue weighted by atomic mass is 10.3. The van der Waals surface area contributed by atoms with E-state index in [1.54, 1.807) is 26.4 Å². The van der Waals surface area contributed by atoms with Crippen LogP contribution >= 0.6 is 0 Å². The quantitative estimate of drug-likeness (QED) is 0.194. The Hall–Kier alpha value is -5.08. The van der Waals surface area contributed by atoms with Gasteiger partial charge in [0.05, 0.1) is 14.2 Å². The first kappa shape index (κ1) is 33.8. The van der Waals surface area contributed by atoms with Crippen LogP contribution in [0.2, 0.25) is 0 Å². The van der Waals surface area contributed by atoms with Crippen LogP contribution in [0.1, 0.15) is 0 Å². The molecule has 0 bridgehead atoms. The summed E-state index contributed by atoms with van der Waals surface area (Å²) in [5, 5.41) is 9.25. The smallest absolute Gasteiger partial charge is 0.268 e. The van der Waals surface area contributed by atoms with Crippen molar-refractivity contribution in [3.05, 3.63) is 93.5 Å². The highest BCUT2D eigenvalue weighted by Crippen LogP contribution is 2.26. The summed E-state index contributed by atoms with van der Waals surface area (Å²) in [6.45, 7) is 8.98. The predicted octanol–water partition coefficient (Wildman–Crippen LogP) is 1.73. The summed E-state index contributed by atoms with van der Waals surface area (Å²) in [6, 6.07) is 21.8. The van der Waals surface area contributed by atoms with Gasteiger partial charge in [-0.15, -0.1) is 0 Å². The predicted molar refractivity (Wildman–Crippen MR) is 187 cm³/mol. The van der Waals surface area contributed by atoms with Crippen molar-refractivity contribution in [1.82, 2.24) is 29.4 Å². The van der Waals surface area contributed by atoms with E-state index in [0.717, 1.165) is 88.4 Å². The van der Waals surface area contributed by atoms with Gasteiger partial charge in [0.15, 0.2) is 23.0 Å². The highest BCUT2D eigenvalue weighted by atomic mass is 16.5. The van der Waals surface area contributed by atoms with E-state index in [1.807, 2.05) is 48.5 Å². The standard InChI is InChI=1S/C35H44N8O6/c1-46-28-7-3-5-9-30(28)48-25-23-38-15-19-40(20-16-38)32-11-13-34(44)42(36-32)27-43-35(45)14-12-33(37-43)41-21-17-39(18-22-41)24-26-49-31-10-6-4-8-29(31)47-2/h3-14H,15-27H2,1-2H3. The van der Waals surface area contributed by atoms with Crippen LogP contribution in [-0.2, 0) is 6.67 Å². The van der Waals surface area contributed by atoms with Gasteiger partial charge in [-0.3, -0.25) is 19.4 Å². The van der Waals surface area contributed by atoms with Crippen molar-refractivity contribution in [3.8, 4) is 23.0 Å². The Labute approximate surface area is 285 Å². The molecule has 14 heteroatoms. The molecule has 0 saturated carbocycles. The molecule has 6 rings (SSSR count). The van der Waals surface area contributed by atoms with Crippen molar-refractivity contribution in [2.45, 2.75) is 6.67 Å². The molecule has 0 radical (unpaired) electrons. The molecule has 14 nitrogen and oxygen atoms in total. The van der Waals surface area contributed by atoms with Gasteiger partial charge >= 0.3 is 0 Å². The molecule has 2 fully saturated rings. The molecule has 260 valence electrons. The zero-order valence-electron chi connectivity index (χ0n) is 28.1. The van der Waals surface area contributed by atoms with Crippen LogP contribution in [0, 0.1) is 0 Å². The van der Waals surface area contributed by atoms with Crippen LogP contribution in [0.3, 0.4) is 0 Å². The molecule has 0 unspecified atom stereocenters. The van der Waals surface area contributed by atoms with Crippen molar-refractivity contribution in [3.63, 3.8) is 0 Å². The fraction of sp³-hybridized carbons (Fsp3) is 0.429. The third kappa shape index (κ3) is 8.69. The molecule has 0 spiro atoms. The highest BCUT2D eigenvalue weighted by molar-refractivity contribution is 5.41. The molecule has 0 aliphatic carbocycles. The molecular weight excluding hydrogens is 628 g/mol. The number of aromatic nitrogens is 4. The topological polar surface area (TPSA) is 120 Å². The number of nitrogens with zero attached hydrogens (tertiary/aromatic N) is 8. The second kappa shape index (κ2) is 16.3. The van der Waals surface area contributed by atoms with Crippen molar-refractivity contribution in [2.75, 3.05) is 103 Å². The van der Waals surface area contributed by atoms with E-state index < -0.39 is 0 Å². The van der Waals surface area contributed by atoms with Crippen LogP contribution in [0.25, 0.3) is 0 Å². The second-order valence-corrected chi connectivity index (χ2v) is 11.9. The summed E-state index contributed by atoms with van der Waals surface area (Å²) >= 11 is 0. The largest absolute Gasteiger partial charge is 0.493 e. The van der Waals surface area contributed by atoms with Gasteiger partial charge in [0.2, 0.25) is 0 Å². The van der Waals surface area contributed by atoms with E-state index in [-0.39, 0.29) is 17.8 Å². The Morgan fingerprint density at radius 3 is 1.31 bits per heavy atom. The maximum Gasteiger partial charge on any atom is 0.268 e. The first-order chi connectivity index (χ1) is 24.0. The maximum atomic E-state index is 12.8. The normalized spacial score (nSPS) is 15.6. The third-order valence-corrected chi connectivity index (χ3v) is 8.83. The first-order valence-corrected chi connectivity index (χ1v) is 16.6. The molecular formula is C35H44N8O6. The van der Waals surface area contributed by atoms with Crippen molar-refractivity contribution >= 4 is 11.6 Å². The summed E-state index contributed by atoms with van der Waals surface area (Å²) in [5.41, 5.74) is -0.585. The van der Waals surface area contributed by atoms with Gasteiger partial charge in [-0.1, -0.05) is 24.3 Å². The molecule has 0 atom stereocenters. The van der Waals surface area contributed by atoms with E-state index in [0.29, 0.717) is 24.8 Å². The summed E-state index contributed by atoms with van der Waals surface area (Å²) in [7, 11) is 3.27. The molecule has 4 heterocycles. The SMILES string of the molecule is COc1ccccc1OCCN1CCN(c2ccc(=O)n(Cn3nc(N4CCN(CCOc5ccccc5OC)CC4)ccc3=O)n2)CC1. The maximum absolute atomic E-state index is 12.8. The number of hydrogen-bond acceptors (Lipinski definition) is 12. The van der Waals surface area contributed by atoms with Gasteiger partial charge in [-0.2, -0.15) is 10.2 Å². The molecule has 4 aromatic rings. The Bertz CT molecular complexity index is 1650. The van der Waals surface area contributed by atoms with E-state index in [4.69, 9.17) is 18.9 Å². The lowest BCUT2D eigenvalue weighted by molar-refractivity contribution is 0.196. The molecule has 2 aromatic carbocycles. The van der Waals surface area contributed by atoms with Crippen LogP contribution in [0.5, 0.6) is 23.0 Å². The lowest BCUT2D eigenvalue weighted by Gasteiger charge is -2.35. The minimum Gasteiger partial charge on any atom is -0.493 e. The van der Waals surface area contributed by atoms with Crippen LogP contribution in [0.15, 0.2) is 82.4 Å². The number of piperazine rings is 2. The molecule has 2 aliphatic rings. The van der Waals surface area contributed by atoms with Crippen LogP contribution < -0.4 is 39.9 Å². The van der Waals surface area contributed by atoms with Crippen LogP contribution in [-0.4, -0.2) is 122 Å². The Kier molecular flexibility index (Phi) is 11.3. The van der Waals surface area contributed by atoms with Crippen molar-refractivity contribution in [1.29, 1.82) is 0 Å². The zero-order valence-corrected chi connectivity index (χ0v) is 28.1. The Balaban J connectivity index is 0.993. The van der Waals surface area contributed by atoms with Gasteiger partial charge in [0.25, 0.3) is 11.1 Å². The zero-order chi connectivity index (χ0) is 34.0. The fourth-order valence-electron chi connectivity index (χ4n) is 5.99. The van der Waals surface area contributed by atoms with Crippen molar-refractivity contribution in [2.24, 2.45) is 0 Å². The average molecular weight is 673 g/mol. The molecule has 0 N–H and O–H groups in total. The number of hydrogen-bond donors (Lipinski definition) is 0. The van der Waals surface area contributed by atoms with Gasteiger partial charge in [-0.25, -0.2) is 9.36 Å². The average Bonchev–Trinajstić information content (AvgIpc) is 3.14. The van der Waals surface area contributed by atoms with Crippen molar-refractivity contribution < 1.29 is 18.9 Å². The van der Waals surface area contributed by atoms with Gasteiger partial charge in [0, 0.05) is 77.6 Å². The Morgan fingerprint density at radius 1 is 0.531 bits per heavy atom. The summed E-state index contributed by atoms with van der Waals surface area (Å²) in [4.78, 5) is 34.6. The second-order valence-electron chi connectivity index (χ2n) is 11.9. The number of para-hydroxylation sites is 4. The summed E-state index contributed by atoms with van der Waals surface area (Å²) in [6.07, 6.45) is 0. The minimum absolute atomic E-state index is 0.0696. The number of anilines is 2. The van der Waals surface area contributed by atoms with E-state index in [9.17, 15) is 9.59 Å². The number of methoxy groups -OCH3 is 2. The summed E-state index contributed by atoms with van der Waals surface area (Å²) < 4.78 is 25.2. The van der Waals surface area contributed by atoms with Gasteiger partial charge in [-0.05, 0) is 36.4 Å². The van der Waals surface area contributed by atoms with Crippen LogP contribution in [0.4, 0.5) is 11.6 Å². The fourth-order valence-corrected chi connectivity index (χ4v) is 5.99. The third-order valence-electron chi connectivity index (χ3n) is 8.83. The Morgan fingerprint density at radius 2 is 0.918 bits per heavy atom. The first-order valence-electron chi connectivity index (χ1n) is 16.6. The van der Waals surface area contributed by atoms with E-state index in [1.165, 1.54) is 21.5 Å². The lowest BCUT2D eigenvalue weighted by Crippen LogP contribution is -2.48. The molecule has 2 saturated heterocycles. The molecule has 0 amide bonds. The molecule has 49 heavy (non-hydrogen) atoms. The minimum atomic E-state index is -0.293. The molecule has 2 aromatic heterocycles. The van der Waals surface area contributed by atoms with Gasteiger partial charge < -0.3 is 28.7 Å². The molecule has 2 aliphatic heterocycles. The number of benzene rings is 2. The van der Waals surface area contributed by atoms with Gasteiger partial charge in [0.1, 0.15) is 31.5 Å².